The van der Waals surface area contributed by atoms with Crippen LogP contribution in [0.3, 0.4) is 0 Å². The van der Waals surface area contributed by atoms with Gasteiger partial charge < -0.3 is 11.5 Å². The maximum absolute atomic E-state index is 13.0. The van der Waals surface area contributed by atoms with Crippen molar-refractivity contribution in [2.24, 2.45) is 21.7 Å². The second-order valence-corrected chi connectivity index (χ2v) is 2.53. The van der Waals surface area contributed by atoms with Crippen LogP contribution in [0.1, 0.15) is 5.56 Å². The third-order valence-corrected chi connectivity index (χ3v) is 1.44. The Bertz CT molecular complexity index is 424. The van der Waals surface area contributed by atoms with Gasteiger partial charge in [0, 0.05) is 5.56 Å². The Morgan fingerprint density at radius 2 is 1.80 bits per heavy atom. The molecule has 0 amide bonds. The fourth-order valence-electron chi connectivity index (χ4n) is 0.798. The predicted octanol–water partition coefficient (Wildman–Crippen LogP) is 0.711. The highest BCUT2D eigenvalue weighted by Crippen LogP contribution is 2.13. The standard InChI is InChI=1S/C8H7F3N4/c9-5-2-1-4(6(10)7(5)11)3-14-15-8(12)13/h1-3H,(H4,12,13,15). The van der Waals surface area contributed by atoms with E-state index < -0.39 is 17.5 Å². The fourth-order valence-corrected chi connectivity index (χ4v) is 0.798. The SMILES string of the molecule is NC(N)=NN=Cc1ccc(F)c(F)c1F. The molecule has 1 aromatic rings. The summed E-state index contributed by atoms with van der Waals surface area (Å²) < 4.78 is 38.1. The van der Waals surface area contributed by atoms with Crippen molar-refractivity contribution >= 4 is 12.2 Å². The second kappa shape index (κ2) is 4.45. The topological polar surface area (TPSA) is 76.8 Å². The van der Waals surface area contributed by atoms with Gasteiger partial charge in [-0.05, 0) is 12.1 Å². The lowest BCUT2D eigenvalue weighted by Crippen LogP contribution is -2.21. The molecule has 1 rings (SSSR count). The van der Waals surface area contributed by atoms with Crippen molar-refractivity contribution in [1.82, 2.24) is 0 Å². The highest BCUT2D eigenvalue weighted by Gasteiger charge is 2.11. The lowest BCUT2D eigenvalue weighted by molar-refractivity contribution is 0.446. The van der Waals surface area contributed by atoms with Gasteiger partial charge >= 0.3 is 0 Å². The average molecular weight is 216 g/mol. The lowest BCUT2D eigenvalue weighted by Gasteiger charge is -1.97. The van der Waals surface area contributed by atoms with E-state index in [1.807, 2.05) is 0 Å². The third kappa shape index (κ3) is 2.70. The molecule has 15 heavy (non-hydrogen) atoms. The van der Waals surface area contributed by atoms with Crippen LogP contribution in [-0.4, -0.2) is 12.2 Å². The summed E-state index contributed by atoms with van der Waals surface area (Å²) in [6.07, 6.45) is 0.873. The number of benzene rings is 1. The van der Waals surface area contributed by atoms with E-state index in [4.69, 9.17) is 11.5 Å². The van der Waals surface area contributed by atoms with Crippen LogP contribution in [0.5, 0.6) is 0 Å². The van der Waals surface area contributed by atoms with Gasteiger partial charge in [-0.25, -0.2) is 13.2 Å². The number of halogens is 3. The van der Waals surface area contributed by atoms with Crippen LogP contribution in [0.2, 0.25) is 0 Å². The molecule has 0 heterocycles. The van der Waals surface area contributed by atoms with Crippen LogP contribution in [0.25, 0.3) is 0 Å². The zero-order valence-electron chi connectivity index (χ0n) is 7.42. The molecule has 0 fully saturated rings. The summed E-state index contributed by atoms with van der Waals surface area (Å²) in [6, 6.07) is 1.79. The Morgan fingerprint density at radius 1 is 1.13 bits per heavy atom. The molecule has 0 spiro atoms. The van der Waals surface area contributed by atoms with Crippen molar-refractivity contribution in [3.8, 4) is 0 Å². The molecule has 0 aliphatic rings. The van der Waals surface area contributed by atoms with Crippen LogP contribution in [0.15, 0.2) is 22.3 Å². The number of hydrogen-bond donors (Lipinski definition) is 2. The molecule has 0 bridgehead atoms. The summed E-state index contributed by atoms with van der Waals surface area (Å²) in [5, 5.41) is 6.43. The van der Waals surface area contributed by atoms with Crippen LogP contribution < -0.4 is 11.5 Å². The third-order valence-electron chi connectivity index (χ3n) is 1.44. The van der Waals surface area contributed by atoms with E-state index >= 15 is 0 Å². The molecule has 0 aromatic heterocycles. The van der Waals surface area contributed by atoms with Crippen LogP contribution >= 0.6 is 0 Å². The monoisotopic (exact) mass is 216 g/mol. The Hall–Kier alpha value is -2.05. The first kappa shape index (κ1) is 11.0. The Labute approximate surface area is 83.1 Å². The van der Waals surface area contributed by atoms with Crippen molar-refractivity contribution in [2.75, 3.05) is 0 Å². The summed E-state index contributed by atoms with van der Waals surface area (Å²) in [5.74, 6) is -4.51. The molecule has 4 N–H and O–H groups in total. The van der Waals surface area contributed by atoms with Crippen molar-refractivity contribution in [1.29, 1.82) is 0 Å². The number of rotatable bonds is 2. The normalized spacial score (nSPS) is 10.6. The van der Waals surface area contributed by atoms with E-state index in [1.165, 1.54) is 0 Å². The Kier molecular flexibility index (Phi) is 3.27. The molecule has 7 heteroatoms. The van der Waals surface area contributed by atoms with E-state index in [2.05, 4.69) is 10.2 Å². The van der Waals surface area contributed by atoms with E-state index in [-0.39, 0.29) is 11.5 Å². The van der Waals surface area contributed by atoms with Gasteiger partial charge in [-0.2, -0.15) is 5.10 Å². The maximum atomic E-state index is 13.0. The molecule has 80 valence electrons. The van der Waals surface area contributed by atoms with Gasteiger partial charge in [0.25, 0.3) is 0 Å². The van der Waals surface area contributed by atoms with E-state index in [0.29, 0.717) is 0 Å². The number of guanidine groups is 1. The second-order valence-electron chi connectivity index (χ2n) is 2.53. The Morgan fingerprint density at radius 3 is 2.40 bits per heavy atom. The average Bonchev–Trinajstić information content (AvgIpc) is 2.18. The van der Waals surface area contributed by atoms with E-state index in [1.54, 1.807) is 0 Å². The highest BCUT2D eigenvalue weighted by atomic mass is 19.2. The van der Waals surface area contributed by atoms with Gasteiger partial charge in [0.2, 0.25) is 5.96 Å². The van der Waals surface area contributed by atoms with Crippen LogP contribution in [0, 0.1) is 17.5 Å². The molecular formula is C8H7F3N4. The zero-order chi connectivity index (χ0) is 11.4. The molecule has 1 aromatic carbocycles. The summed E-state index contributed by atoms with van der Waals surface area (Å²) >= 11 is 0. The molecule has 0 saturated carbocycles. The molecule has 0 atom stereocenters. The molecule has 0 saturated heterocycles. The number of nitrogens with two attached hydrogens (primary N) is 2. The van der Waals surface area contributed by atoms with Gasteiger partial charge in [-0.1, -0.05) is 0 Å². The first-order valence-corrected chi connectivity index (χ1v) is 3.78. The summed E-state index contributed by atoms with van der Waals surface area (Å²) in [7, 11) is 0. The lowest BCUT2D eigenvalue weighted by atomic mass is 10.2. The van der Waals surface area contributed by atoms with Crippen molar-refractivity contribution < 1.29 is 13.2 Å². The highest BCUT2D eigenvalue weighted by molar-refractivity contribution is 5.81. The first-order chi connectivity index (χ1) is 7.02. The van der Waals surface area contributed by atoms with Gasteiger partial charge in [0.1, 0.15) is 0 Å². The van der Waals surface area contributed by atoms with Crippen molar-refractivity contribution in [2.45, 2.75) is 0 Å². The number of nitrogens with zero attached hydrogens (tertiary/aromatic N) is 2. The van der Waals surface area contributed by atoms with E-state index in [9.17, 15) is 13.2 Å². The van der Waals surface area contributed by atoms with Gasteiger partial charge in [-0.3, -0.25) is 0 Å². The molecular weight excluding hydrogens is 209 g/mol. The fraction of sp³-hybridized carbons (Fsp3) is 0. The van der Waals surface area contributed by atoms with E-state index in [0.717, 1.165) is 18.3 Å². The van der Waals surface area contributed by atoms with Gasteiger partial charge in [0.15, 0.2) is 17.5 Å². The predicted molar refractivity (Wildman–Crippen MR) is 49.7 cm³/mol. The van der Waals surface area contributed by atoms with Crippen molar-refractivity contribution in [3.05, 3.63) is 35.1 Å². The minimum atomic E-state index is -1.57. The van der Waals surface area contributed by atoms with Crippen molar-refractivity contribution in [3.63, 3.8) is 0 Å². The summed E-state index contributed by atoms with van der Waals surface area (Å²) in [5.41, 5.74) is 9.62. The largest absolute Gasteiger partial charge is 0.369 e. The quantitative estimate of drug-likeness (QED) is 0.330. The first-order valence-electron chi connectivity index (χ1n) is 3.78. The van der Waals surface area contributed by atoms with Gasteiger partial charge in [-0.15, -0.1) is 5.10 Å². The molecule has 0 aliphatic heterocycles. The van der Waals surface area contributed by atoms with Gasteiger partial charge in [0.05, 0.1) is 6.21 Å². The van der Waals surface area contributed by atoms with Crippen LogP contribution in [0.4, 0.5) is 13.2 Å². The zero-order valence-corrected chi connectivity index (χ0v) is 7.42. The smallest absolute Gasteiger partial charge is 0.211 e. The van der Waals surface area contributed by atoms with Crippen LogP contribution in [-0.2, 0) is 0 Å². The maximum Gasteiger partial charge on any atom is 0.211 e. The summed E-state index contributed by atoms with van der Waals surface area (Å²) in [4.78, 5) is 0. The summed E-state index contributed by atoms with van der Waals surface area (Å²) in [6.45, 7) is 0. The molecule has 0 radical (unpaired) electrons. The Balaban J connectivity index is 3.02. The molecule has 0 unspecified atom stereocenters. The number of hydrogen-bond acceptors (Lipinski definition) is 2. The molecule has 4 nitrogen and oxygen atoms in total. The molecule has 0 aliphatic carbocycles. The minimum Gasteiger partial charge on any atom is -0.369 e. The minimum absolute atomic E-state index is 0.251.